The number of nitrogens with zero attached hydrogens (tertiary/aromatic N) is 1. The van der Waals surface area contributed by atoms with Crippen molar-refractivity contribution in [3.63, 3.8) is 0 Å². The highest BCUT2D eigenvalue weighted by atomic mass is 16.4. The van der Waals surface area contributed by atoms with Crippen LogP contribution in [-0.2, 0) is 17.8 Å². The van der Waals surface area contributed by atoms with E-state index in [0.717, 1.165) is 29.7 Å². The molecule has 0 radical (unpaired) electrons. The lowest BCUT2D eigenvalue weighted by atomic mass is 9.99. The van der Waals surface area contributed by atoms with Crippen LogP contribution < -0.4 is 0 Å². The fraction of sp³-hybridized carbons (Fsp3) is 0.636. The second kappa shape index (κ2) is 17.9. The Morgan fingerprint density at radius 1 is 0.737 bits per heavy atom. The Kier molecular flexibility index (Phi) is 14.9. The molecule has 0 spiro atoms. The maximum absolute atomic E-state index is 13.2. The minimum absolute atomic E-state index is 0.114. The molecule has 0 atom stereocenters. The predicted octanol–water partition coefficient (Wildman–Crippen LogP) is 8.93. The first-order valence-electron chi connectivity index (χ1n) is 15.1. The highest BCUT2D eigenvalue weighted by Crippen LogP contribution is 2.27. The summed E-state index contributed by atoms with van der Waals surface area (Å²) in [5.74, 6) is -0.593. The number of carbonyl (C=O) groups is 2. The Bertz CT molecular complexity index is 974. The molecule has 5 heteroatoms. The van der Waals surface area contributed by atoms with E-state index in [0.29, 0.717) is 24.2 Å². The molecule has 38 heavy (non-hydrogen) atoms. The number of aromatic nitrogens is 1. The van der Waals surface area contributed by atoms with Crippen molar-refractivity contribution in [2.24, 2.45) is 0 Å². The van der Waals surface area contributed by atoms with Crippen molar-refractivity contribution in [3.8, 4) is 5.75 Å². The van der Waals surface area contributed by atoms with Crippen molar-refractivity contribution in [2.75, 3.05) is 0 Å². The molecule has 1 aromatic carbocycles. The molecule has 1 aromatic heterocycles. The van der Waals surface area contributed by atoms with Gasteiger partial charge in [-0.15, -0.1) is 0 Å². The molecule has 0 aliphatic rings. The van der Waals surface area contributed by atoms with Crippen LogP contribution in [0.3, 0.4) is 0 Å². The number of hydrogen-bond donors (Lipinski definition) is 2. The van der Waals surface area contributed by atoms with Crippen LogP contribution in [0.25, 0.3) is 0 Å². The molecule has 0 unspecified atom stereocenters. The minimum atomic E-state index is -0.904. The lowest BCUT2D eigenvalue weighted by Crippen LogP contribution is -2.11. The molecule has 0 bridgehead atoms. The molecule has 0 aliphatic heterocycles. The van der Waals surface area contributed by atoms with E-state index in [4.69, 9.17) is 0 Å². The van der Waals surface area contributed by atoms with Gasteiger partial charge < -0.3 is 14.8 Å². The van der Waals surface area contributed by atoms with Crippen molar-refractivity contribution in [3.05, 3.63) is 52.3 Å². The standard InChI is InChI=1S/C33H51NO4/c1-4-5-6-7-8-9-10-11-12-13-14-15-16-17-18-19-31(36)33-26(2)30(24-32(37)38)34(27(33)3)25-28-20-22-29(35)23-21-28/h20-23,35H,4-19,24-25H2,1-3H3,(H,37,38). The SMILES string of the molecule is CCCCCCCCCCCCCCCCCC(=O)c1c(C)c(CC(=O)O)n(Cc2ccc(O)cc2)c1C. The number of hydrogen-bond acceptors (Lipinski definition) is 3. The number of aliphatic carboxylic acids is 1. The zero-order valence-electron chi connectivity index (χ0n) is 24.2. The summed E-state index contributed by atoms with van der Waals surface area (Å²) in [5.41, 5.74) is 3.94. The van der Waals surface area contributed by atoms with Crippen molar-refractivity contribution < 1.29 is 19.8 Å². The van der Waals surface area contributed by atoms with Crippen LogP contribution in [0.15, 0.2) is 24.3 Å². The summed E-state index contributed by atoms with van der Waals surface area (Å²) in [6, 6.07) is 6.90. The first-order chi connectivity index (χ1) is 18.3. The van der Waals surface area contributed by atoms with E-state index >= 15 is 0 Å². The summed E-state index contributed by atoms with van der Waals surface area (Å²) < 4.78 is 1.95. The quantitative estimate of drug-likeness (QED) is 0.126. The molecule has 2 aromatic rings. The van der Waals surface area contributed by atoms with Gasteiger partial charge in [0.25, 0.3) is 0 Å². The number of carboxylic acids is 1. The van der Waals surface area contributed by atoms with Crippen molar-refractivity contribution in [1.82, 2.24) is 4.57 Å². The van der Waals surface area contributed by atoms with Gasteiger partial charge in [0.2, 0.25) is 0 Å². The van der Waals surface area contributed by atoms with E-state index in [9.17, 15) is 19.8 Å². The normalized spacial score (nSPS) is 11.2. The molecule has 2 N–H and O–H groups in total. The van der Waals surface area contributed by atoms with Gasteiger partial charge in [-0.1, -0.05) is 109 Å². The van der Waals surface area contributed by atoms with Gasteiger partial charge in [-0.3, -0.25) is 9.59 Å². The summed E-state index contributed by atoms with van der Waals surface area (Å²) in [6.07, 6.45) is 19.8. The van der Waals surface area contributed by atoms with E-state index in [1.807, 2.05) is 30.5 Å². The third-order valence-electron chi connectivity index (χ3n) is 7.78. The fourth-order valence-electron chi connectivity index (χ4n) is 5.52. The number of aromatic hydroxyl groups is 1. The maximum Gasteiger partial charge on any atom is 0.309 e. The van der Waals surface area contributed by atoms with Gasteiger partial charge in [-0.05, 0) is 43.5 Å². The Balaban J connectivity index is 1.73. The van der Waals surface area contributed by atoms with Crippen molar-refractivity contribution in [1.29, 1.82) is 0 Å². The molecule has 5 nitrogen and oxygen atoms in total. The summed E-state index contributed by atoms with van der Waals surface area (Å²) in [5, 5.41) is 19.1. The van der Waals surface area contributed by atoms with Gasteiger partial charge in [0.05, 0.1) is 6.42 Å². The van der Waals surface area contributed by atoms with Gasteiger partial charge in [0, 0.05) is 29.9 Å². The van der Waals surface area contributed by atoms with E-state index in [1.165, 1.54) is 83.5 Å². The smallest absolute Gasteiger partial charge is 0.309 e. The van der Waals surface area contributed by atoms with Crippen molar-refractivity contribution >= 4 is 11.8 Å². The number of rotatable bonds is 21. The molecule has 0 saturated heterocycles. The Labute approximate surface area is 230 Å². The molecule has 0 amide bonds. The van der Waals surface area contributed by atoms with Crippen LogP contribution in [0.2, 0.25) is 0 Å². The lowest BCUT2D eigenvalue weighted by Gasteiger charge is -2.12. The summed E-state index contributed by atoms with van der Waals surface area (Å²) in [4.78, 5) is 24.7. The van der Waals surface area contributed by atoms with Gasteiger partial charge in [0.1, 0.15) is 5.75 Å². The first-order valence-corrected chi connectivity index (χ1v) is 15.1. The Morgan fingerprint density at radius 3 is 1.68 bits per heavy atom. The molecular formula is C33H51NO4. The summed E-state index contributed by atoms with van der Waals surface area (Å²) in [6.45, 7) is 6.53. The number of carbonyl (C=O) groups excluding carboxylic acids is 1. The number of phenolic OH excluding ortho intramolecular Hbond substituents is 1. The number of carboxylic acid groups (broad SMARTS) is 1. The van der Waals surface area contributed by atoms with Gasteiger partial charge >= 0.3 is 5.97 Å². The zero-order valence-corrected chi connectivity index (χ0v) is 24.2. The molecule has 0 saturated carbocycles. The third kappa shape index (κ3) is 11.0. The van der Waals surface area contributed by atoms with E-state index in [-0.39, 0.29) is 18.0 Å². The average molecular weight is 526 g/mol. The van der Waals surface area contributed by atoms with Crippen LogP contribution in [0.5, 0.6) is 5.75 Å². The Hall–Kier alpha value is -2.56. The molecule has 0 fully saturated rings. The fourth-order valence-corrected chi connectivity index (χ4v) is 5.52. The van der Waals surface area contributed by atoms with Crippen LogP contribution in [0, 0.1) is 13.8 Å². The Morgan fingerprint density at radius 2 is 1.21 bits per heavy atom. The molecule has 2 rings (SSSR count). The van der Waals surface area contributed by atoms with Crippen LogP contribution in [-0.4, -0.2) is 26.5 Å². The van der Waals surface area contributed by atoms with Crippen molar-refractivity contribution in [2.45, 2.75) is 136 Å². The molecular weight excluding hydrogens is 474 g/mol. The zero-order chi connectivity index (χ0) is 27.8. The third-order valence-corrected chi connectivity index (χ3v) is 7.78. The van der Waals surface area contributed by atoms with E-state index in [1.54, 1.807) is 12.1 Å². The van der Waals surface area contributed by atoms with Crippen LogP contribution >= 0.6 is 0 Å². The largest absolute Gasteiger partial charge is 0.508 e. The second-order valence-corrected chi connectivity index (χ2v) is 11.0. The molecule has 0 aliphatic carbocycles. The van der Waals surface area contributed by atoms with Gasteiger partial charge in [0.15, 0.2) is 5.78 Å². The predicted molar refractivity (Wildman–Crippen MR) is 156 cm³/mol. The van der Waals surface area contributed by atoms with E-state index < -0.39 is 5.97 Å². The molecule has 1 heterocycles. The van der Waals surface area contributed by atoms with Crippen LogP contribution in [0.4, 0.5) is 0 Å². The first kappa shape index (κ1) is 31.7. The maximum atomic E-state index is 13.2. The lowest BCUT2D eigenvalue weighted by molar-refractivity contribution is -0.136. The van der Waals surface area contributed by atoms with E-state index in [2.05, 4.69) is 6.92 Å². The van der Waals surface area contributed by atoms with Gasteiger partial charge in [-0.25, -0.2) is 0 Å². The highest BCUT2D eigenvalue weighted by molar-refractivity contribution is 5.99. The topological polar surface area (TPSA) is 79.5 Å². The van der Waals surface area contributed by atoms with Crippen LogP contribution in [0.1, 0.15) is 143 Å². The number of benzene rings is 1. The number of phenols is 1. The number of Topliss-reactive ketones (excluding diaryl/α,β-unsaturated/α-hetero) is 1. The summed E-state index contributed by atoms with van der Waals surface area (Å²) >= 11 is 0. The summed E-state index contributed by atoms with van der Waals surface area (Å²) in [7, 11) is 0. The van der Waals surface area contributed by atoms with Gasteiger partial charge in [-0.2, -0.15) is 0 Å². The second-order valence-electron chi connectivity index (χ2n) is 11.0. The number of unbranched alkanes of at least 4 members (excludes halogenated alkanes) is 14. The minimum Gasteiger partial charge on any atom is -0.508 e. The number of ketones is 1. The monoisotopic (exact) mass is 525 g/mol. The molecule has 212 valence electrons. The average Bonchev–Trinajstić information content (AvgIpc) is 3.11. The highest BCUT2D eigenvalue weighted by Gasteiger charge is 2.23.